The third-order valence-corrected chi connectivity index (χ3v) is 5.53. The molecule has 0 N–H and O–H groups in total. The van der Waals surface area contributed by atoms with Gasteiger partial charge in [-0.15, -0.1) is 23.1 Å². The summed E-state index contributed by atoms with van der Waals surface area (Å²) in [5.41, 5.74) is 0.908. The fourth-order valence-electron chi connectivity index (χ4n) is 1.99. The molecule has 0 saturated carbocycles. The molecule has 1 amide bonds. The topological polar surface area (TPSA) is 33.2 Å². The lowest BCUT2D eigenvalue weighted by Gasteiger charge is -2.22. The van der Waals surface area contributed by atoms with Crippen molar-refractivity contribution in [2.75, 3.05) is 5.75 Å². The molecular weight excluding hydrogens is 300 g/mol. The summed E-state index contributed by atoms with van der Waals surface area (Å²) in [6, 6.07) is 9.63. The number of hydrogen-bond donors (Lipinski definition) is 0. The summed E-state index contributed by atoms with van der Waals surface area (Å²) in [4.78, 5) is 19.3. The van der Waals surface area contributed by atoms with E-state index in [-0.39, 0.29) is 11.3 Å². The highest BCUT2D eigenvalue weighted by Crippen LogP contribution is 2.42. The van der Waals surface area contributed by atoms with Gasteiger partial charge in [0.15, 0.2) is 0 Å². The molecule has 2 aromatic rings. The molecule has 1 aliphatic heterocycles. The number of pyridine rings is 1. The van der Waals surface area contributed by atoms with E-state index in [0.717, 1.165) is 14.9 Å². The van der Waals surface area contributed by atoms with Crippen molar-refractivity contribution < 1.29 is 4.79 Å². The first-order valence-corrected chi connectivity index (χ1v) is 8.04. The van der Waals surface area contributed by atoms with Crippen molar-refractivity contribution in [2.24, 2.45) is 0 Å². The van der Waals surface area contributed by atoms with E-state index in [1.807, 2.05) is 35.2 Å². The summed E-state index contributed by atoms with van der Waals surface area (Å²) in [7, 11) is 0. The van der Waals surface area contributed by atoms with E-state index in [9.17, 15) is 4.79 Å². The predicted octanol–water partition coefficient (Wildman–Crippen LogP) is 3.57. The zero-order chi connectivity index (χ0) is 13.2. The maximum Gasteiger partial charge on any atom is 0.234 e. The molecule has 6 heteroatoms. The predicted molar refractivity (Wildman–Crippen MR) is 79.3 cm³/mol. The Morgan fingerprint density at radius 1 is 1.37 bits per heavy atom. The molecule has 98 valence electrons. The van der Waals surface area contributed by atoms with Crippen LogP contribution in [0.15, 0.2) is 36.5 Å². The van der Waals surface area contributed by atoms with Crippen LogP contribution >= 0.6 is 34.7 Å². The standard InChI is InChI=1S/C13H11ClN2OS2/c14-11-5-4-10(19-11)13-16(12(17)8-18-13)7-9-3-1-2-6-15-9/h1-6,13H,7-8H2. The summed E-state index contributed by atoms with van der Waals surface area (Å²) in [6.07, 6.45) is 1.75. The Morgan fingerprint density at radius 3 is 2.95 bits per heavy atom. The number of hydrogen-bond acceptors (Lipinski definition) is 4. The minimum absolute atomic E-state index is 0.0620. The Morgan fingerprint density at radius 2 is 2.26 bits per heavy atom. The first kappa shape index (κ1) is 13.0. The Hall–Kier alpha value is -1.04. The van der Waals surface area contributed by atoms with Crippen molar-refractivity contribution in [1.29, 1.82) is 0 Å². The molecule has 1 atom stereocenters. The van der Waals surface area contributed by atoms with Crippen LogP contribution in [0.3, 0.4) is 0 Å². The van der Waals surface area contributed by atoms with Crippen LogP contribution in [0, 0.1) is 0 Å². The summed E-state index contributed by atoms with van der Waals surface area (Å²) < 4.78 is 0.757. The third kappa shape index (κ3) is 2.78. The van der Waals surface area contributed by atoms with Gasteiger partial charge >= 0.3 is 0 Å². The van der Waals surface area contributed by atoms with Gasteiger partial charge < -0.3 is 4.90 Å². The van der Waals surface area contributed by atoms with Gasteiger partial charge in [-0.25, -0.2) is 0 Å². The number of carbonyl (C=O) groups excluding carboxylic acids is 1. The highest BCUT2D eigenvalue weighted by molar-refractivity contribution is 8.00. The fraction of sp³-hybridized carbons (Fsp3) is 0.231. The van der Waals surface area contributed by atoms with E-state index in [1.54, 1.807) is 18.0 Å². The van der Waals surface area contributed by atoms with E-state index in [4.69, 9.17) is 11.6 Å². The molecule has 19 heavy (non-hydrogen) atoms. The SMILES string of the molecule is O=C1CSC(c2ccc(Cl)s2)N1Cc1ccccn1. The number of amides is 1. The van der Waals surface area contributed by atoms with Crippen molar-refractivity contribution in [1.82, 2.24) is 9.88 Å². The minimum Gasteiger partial charge on any atom is -0.319 e. The maximum atomic E-state index is 12.0. The van der Waals surface area contributed by atoms with Crippen LogP contribution in [0.2, 0.25) is 4.34 Å². The molecule has 1 unspecified atom stereocenters. The molecule has 1 fully saturated rings. The molecule has 0 radical (unpaired) electrons. The molecule has 0 aromatic carbocycles. The second-order valence-corrected chi connectivity index (χ2v) is 6.96. The van der Waals surface area contributed by atoms with Crippen molar-refractivity contribution in [3.8, 4) is 0 Å². The number of aromatic nitrogens is 1. The normalized spacial score (nSPS) is 19.1. The highest BCUT2D eigenvalue weighted by atomic mass is 35.5. The number of halogens is 1. The average Bonchev–Trinajstić information content (AvgIpc) is 2.99. The first-order chi connectivity index (χ1) is 9.24. The van der Waals surface area contributed by atoms with Gasteiger partial charge in [-0.05, 0) is 24.3 Å². The largest absolute Gasteiger partial charge is 0.319 e. The minimum atomic E-state index is 0.0620. The molecule has 0 aliphatic carbocycles. The molecule has 3 heterocycles. The van der Waals surface area contributed by atoms with E-state index in [1.165, 1.54) is 11.3 Å². The third-order valence-electron chi connectivity index (χ3n) is 2.86. The molecule has 1 saturated heterocycles. The molecule has 0 bridgehead atoms. The van der Waals surface area contributed by atoms with Gasteiger partial charge in [0, 0.05) is 11.1 Å². The Kier molecular flexibility index (Phi) is 3.77. The average molecular weight is 311 g/mol. The lowest BCUT2D eigenvalue weighted by Crippen LogP contribution is -2.27. The van der Waals surface area contributed by atoms with Crippen LogP contribution in [0.5, 0.6) is 0 Å². The number of carbonyl (C=O) groups is 1. The van der Waals surface area contributed by atoms with Crippen LogP contribution in [0.4, 0.5) is 0 Å². The molecule has 1 aliphatic rings. The van der Waals surface area contributed by atoms with Crippen molar-refractivity contribution in [2.45, 2.75) is 11.9 Å². The quantitative estimate of drug-likeness (QED) is 0.869. The Labute approximate surface area is 124 Å². The van der Waals surface area contributed by atoms with Gasteiger partial charge in [-0.1, -0.05) is 17.7 Å². The second-order valence-electron chi connectivity index (χ2n) is 4.15. The first-order valence-electron chi connectivity index (χ1n) is 5.80. The summed E-state index contributed by atoms with van der Waals surface area (Å²) >= 11 is 9.15. The summed E-state index contributed by atoms with van der Waals surface area (Å²) in [5.74, 6) is 0.678. The summed E-state index contributed by atoms with van der Waals surface area (Å²) in [5, 5.41) is 0.0620. The number of rotatable bonds is 3. The number of nitrogens with zero attached hydrogens (tertiary/aromatic N) is 2. The van der Waals surface area contributed by atoms with Crippen molar-refractivity contribution in [3.63, 3.8) is 0 Å². The smallest absolute Gasteiger partial charge is 0.234 e. The summed E-state index contributed by atoms with van der Waals surface area (Å²) in [6.45, 7) is 0.548. The van der Waals surface area contributed by atoms with Crippen LogP contribution in [-0.4, -0.2) is 21.5 Å². The van der Waals surface area contributed by atoms with Crippen LogP contribution in [0.1, 0.15) is 15.9 Å². The van der Waals surface area contributed by atoms with E-state index < -0.39 is 0 Å². The van der Waals surface area contributed by atoms with Crippen LogP contribution < -0.4 is 0 Å². The van der Waals surface area contributed by atoms with Crippen molar-refractivity contribution in [3.05, 3.63) is 51.4 Å². The zero-order valence-corrected chi connectivity index (χ0v) is 12.3. The van der Waals surface area contributed by atoms with E-state index in [2.05, 4.69) is 4.98 Å². The molecule has 3 rings (SSSR count). The number of thiophene rings is 1. The molecular formula is C13H11ClN2OS2. The van der Waals surface area contributed by atoms with Crippen LogP contribution in [-0.2, 0) is 11.3 Å². The molecule has 0 spiro atoms. The van der Waals surface area contributed by atoms with Gasteiger partial charge in [-0.3, -0.25) is 9.78 Å². The van der Waals surface area contributed by atoms with Crippen molar-refractivity contribution >= 4 is 40.6 Å². The van der Waals surface area contributed by atoms with Gasteiger partial charge in [0.2, 0.25) is 5.91 Å². The van der Waals surface area contributed by atoms with Crippen LogP contribution in [0.25, 0.3) is 0 Å². The van der Waals surface area contributed by atoms with E-state index >= 15 is 0 Å². The Balaban J connectivity index is 1.83. The lowest BCUT2D eigenvalue weighted by atomic mass is 10.3. The zero-order valence-electron chi connectivity index (χ0n) is 9.95. The Bertz CT molecular complexity index is 587. The van der Waals surface area contributed by atoms with Gasteiger partial charge in [0.1, 0.15) is 5.37 Å². The fourth-order valence-corrected chi connectivity index (χ4v) is 4.47. The molecule has 3 nitrogen and oxygen atoms in total. The molecule has 2 aromatic heterocycles. The number of thioether (sulfide) groups is 1. The highest BCUT2D eigenvalue weighted by Gasteiger charge is 2.33. The maximum absolute atomic E-state index is 12.0. The van der Waals surface area contributed by atoms with Gasteiger partial charge in [0.05, 0.1) is 22.3 Å². The lowest BCUT2D eigenvalue weighted by molar-refractivity contribution is -0.128. The van der Waals surface area contributed by atoms with Gasteiger partial charge in [-0.2, -0.15) is 0 Å². The van der Waals surface area contributed by atoms with Gasteiger partial charge in [0.25, 0.3) is 0 Å². The second kappa shape index (κ2) is 5.53. The monoisotopic (exact) mass is 310 g/mol. The van der Waals surface area contributed by atoms with E-state index in [0.29, 0.717) is 12.3 Å².